The summed E-state index contributed by atoms with van der Waals surface area (Å²) in [5, 5.41) is 0. The van der Waals surface area contributed by atoms with E-state index in [0.717, 1.165) is 17.6 Å². The zero-order valence-electron chi connectivity index (χ0n) is 13.1. The number of benzene rings is 1. The number of carbonyl (C=O) groups excluding carboxylic acids is 1. The van der Waals surface area contributed by atoms with Crippen LogP contribution in [0.5, 0.6) is 0 Å². The number of unbranched alkanes of at least 4 members (excludes halogenated alkanes) is 5. The van der Waals surface area contributed by atoms with Crippen LogP contribution in [-0.2, 0) is 4.79 Å². The molecule has 1 aliphatic carbocycles. The fourth-order valence-electron chi connectivity index (χ4n) is 2.89. The predicted molar refractivity (Wildman–Crippen MR) is 90.0 cm³/mol. The van der Waals surface area contributed by atoms with Crippen LogP contribution in [0.15, 0.2) is 48.1 Å². The summed E-state index contributed by atoms with van der Waals surface area (Å²) in [5.41, 5.74) is 2.09. The molecule has 1 aromatic carbocycles. The summed E-state index contributed by atoms with van der Waals surface area (Å²) in [5.74, 6) is 0.513. The van der Waals surface area contributed by atoms with Crippen LogP contribution < -0.4 is 0 Å². The van der Waals surface area contributed by atoms with Crippen LogP contribution in [0.3, 0.4) is 0 Å². The minimum atomic E-state index is 0.190. The molecule has 0 bridgehead atoms. The van der Waals surface area contributed by atoms with Gasteiger partial charge < -0.3 is 0 Å². The Bertz CT molecular complexity index is 496. The van der Waals surface area contributed by atoms with Gasteiger partial charge in [0, 0.05) is 11.5 Å². The molecule has 0 fully saturated rings. The van der Waals surface area contributed by atoms with Gasteiger partial charge in [-0.3, -0.25) is 4.79 Å². The lowest BCUT2D eigenvalue weighted by molar-refractivity contribution is -0.111. The largest absolute Gasteiger partial charge is 0.290 e. The highest BCUT2D eigenvalue weighted by molar-refractivity contribution is 6.10. The summed E-state index contributed by atoms with van der Waals surface area (Å²) >= 11 is 0. The van der Waals surface area contributed by atoms with Crippen LogP contribution >= 0.6 is 0 Å². The van der Waals surface area contributed by atoms with Gasteiger partial charge in [-0.1, -0.05) is 81.9 Å². The second-order valence-electron chi connectivity index (χ2n) is 5.90. The van der Waals surface area contributed by atoms with E-state index < -0.39 is 0 Å². The van der Waals surface area contributed by atoms with E-state index in [-0.39, 0.29) is 5.78 Å². The molecule has 0 heterocycles. The molecule has 21 heavy (non-hydrogen) atoms. The lowest BCUT2D eigenvalue weighted by atomic mass is 9.93. The molecule has 2 rings (SSSR count). The molecule has 0 N–H and O–H groups in total. The first-order chi connectivity index (χ1) is 10.3. The molecule has 1 aliphatic rings. The maximum atomic E-state index is 12.0. The van der Waals surface area contributed by atoms with Crippen molar-refractivity contribution < 1.29 is 4.79 Å². The van der Waals surface area contributed by atoms with Gasteiger partial charge in [-0.2, -0.15) is 0 Å². The third-order valence-corrected chi connectivity index (χ3v) is 4.15. The monoisotopic (exact) mass is 282 g/mol. The highest BCUT2D eigenvalue weighted by Crippen LogP contribution is 2.28. The minimum Gasteiger partial charge on any atom is -0.290 e. The van der Waals surface area contributed by atoms with Crippen molar-refractivity contribution in [2.75, 3.05) is 0 Å². The lowest BCUT2D eigenvalue weighted by Gasteiger charge is -2.10. The lowest BCUT2D eigenvalue weighted by Crippen LogP contribution is -2.03. The van der Waals surface area contributed by atoms with Gasteiger partial charge in [-0.15, -0.1) is 0 Å². The molecule has 1 nitrogen and oxygen atoms in total. The Hall–Kier alpha value is -1.63. The molecule has 0 saturated heterocycles. The van der Waals surface area contributed by atoms with Crippen molar-refractivity contribution in [1.82, 2.24) is 0 Å². The maximum Gasteiger partial charge on any atom is 0.182 e. The van der Waals surface area contributed by atoms with Gasteiger partial charge in [-0.05, 0) is 24.1 Å². The zero-order valence-corrected chi connectivity index (χ0v) is 13.1. The molecular weight excluding hydrogens is 256 g/mol. The molecule has 112 valence electrons. The van der Waals surface area contributed by atoms with Crippen LogP contribution in [0.2, 0.25) is 0 Å². The fourth-order valence-corrected chi connectivity index (χ4v) is 2.89. The molecule has 1 atom stereocenters. The van der Waals surface area contributed by atoms with Crippen LogP contribution in [0.25, 0.3) is 6.08 Å². The van der Waals surface area contributed by atoms with Crippen molar-refractivity contribution in [2.45, 2.75) is 51.9 Å². The summed E-state index contributed by atoms with van der Waals surface area (Å²) in [4.78, 5) is 12.0. The quantitative estimate of drug-likeness (QED) is 0.449. The van der Waals surface area contributed by atoms with Crippen molar-refractivity contribution in [3.05, 3.63) is 53.6 Å². The van der Waals surface area contributed by atoms with Gasteiger partial charge >= 0.3 is 0 Å². The van der Waals surface area contributed by atoms with Crippen molar-refractivity contribution in [3.63, 3.8) is 0 Å². The van der Waals surface area contributed by atoms with E-state index in [0.29, 0.717) is 5.92 Å². The van der Waals surface area contributed by atoms with E-state index in [9.17, 15) is 4.79 Å². The van der Waals surface area contributed by atoms with Crippen LogP contribution in [0.1, 0.15) is 57.4 Å². The predicted octanol–water partition coefficient (Wildman–Crippen LogP) is 5.58. The number of ketones is 1. The van der Waals surface area contributed by atoms with Crippen molar-refractivity contribution in [3.8, 4) is 0 Å². The van der Waals surface area contributed by atoms with E-state index in [2.05, 4.69) is 31.2 Å². The summed E-state index contributed by atoms with van der Waals surface area (Å²) < 4.78 is 0. The molecule has 0 aromatic heterocycles. The van der Waals surface area contributed by atoms with E-state index in [1.54, 1.807) is 6.08 Å². The molecule has 0 saturated carbocycles. The second kappa shape index (κ2) is 8.61. The molecule has 0 spiro atoms. The SMILES string of the molecule is CCCCCCCC[C@H]1C=CC(=O)/C1=C/c1ccccc1. The smallest absolute Gasteiger partial charge is 0.182 e. The van der Waals surface area contributed by atoms with Crippen LogP contribution in [0.4, 0.5) is 0 Å². The zero-order chi connectivity index (χ0) is 14.9. The number of hydrogen-bond acceptors (Lipinski definition) is 1. The molecule has 1 aromatic rings. The normalized spacial score (nSPS) is 19.6. The van der Waals surface area contributed by atoms with E-state index in [4.69, 9.17) is 0 Å². The number of hydrogen-bond donors (Lipinski definition) is 0. The fraction of sp³-hybridized carbons (Fsp3) is 0.450. The highest BCUT2D eigenvalue weighted by Gasteiger charge is 2.22. The summed E-state index contributed by atoms with van der Waals surface area (Å²) in [6, 6.07) is 10.1. The van der Waals surface area contributed by atoms with Gasteiger partial charge in [0.05, 0.1) is 0 Å². The molecule has 0 amide bonds. The van der Waals surface area contributed by atoms with Crippen molar-refractivity contribution >= 4 is 11.9 Å². The molecule has 0 aliphatic heterocycles. The highest BCUT2D eigenvalue weighted by atomic mass is 16.1. The first kappa shape index (κ1) is 15.8. The maximum absolute atomic E-state index is 12.0. The average molecular weight is 282 g/mol. The van der Waals surface area contributed by atoms with Gasteiger partial charge in [0.1, 0.15) is 0 Å². The van der Waals surface area contributed by atoms with Crippen molar-refractivity contribution in [1.29, 1.82) is 0 Å². The first-order valence-electron chi connectivity index (χ1n) is 8.30. The Balaban J connectivity index is 1.85. The van der Waals surface area contributed by atoms with Gasteiger partial charge in [-0.25, -0.2) is 0 Å². The number of carbonyl (C=O) groups is 1. The number of rotatable bonds is 8. The van der Waals surface area contributed by atoms with Gasteiger partial charge in [0.15, 0.2) is 5.78 Å². The minimum absolute atomic E-state index is 0.190. The van der Waals surface area contributed by atoms with Gasteiger partial charge in [0.25, 0.3) is 0 Å². The Labute approximate surface area is 128 Å². The Kier molecular flexibility index (Phi) is 6.46. The van der Waals surface area contributed by atoms with E-state index >= 15 is 0 Å². The number of allylic oxidation sites excluding steroid dienone is 3. The van der Waals surface area contributed by atoms with Crippen molar-refractivity contribution in [2.24, 2.45) is 5.92 Å². The second-order valence-corrected chi connectivity index (χ2v) is 5.90. The van der Waals surface area contributed by atoms with Gasteiger partial charge in [0.2, 0.25) is 0 Å². The molecular formula is C20H26O. The topological polar surface area (TPSA) is 17.1 Å². The Morgan fingerprint density at radius 3 is 2.48 bits per heavy atom. The summed E-state index contributed by atoms with van der Waals surface area (Å²) in [6.45, 7) is 2.25. The Morgan fingerprint density at radius 1 is 1.00 bits per heavy atom. The molecule has 0 unspecified atom stereocenters. The third-order valence-electron chi connectivity index (χ3n) is 4.15. The summed E-state index contributed by atoms with van der Waals surface area (Å²) in [6.07, 6.45) is 14.8. The van der Waals surface area contributed by atoms with Crippen LogP contribution in [0, 0.1) is 5.92 Å². The summed E-state index contributed by atoms with van der Waals surface area (Å²) in [7, 11) is 0. The van der Waals surface area contributed by atoms with E-state index in [1.807, 2.05) is 18.2 Å². The average Bonchev–Trinajstić information content (AvgIpc) is 2.85. The third kappa shape index (κ3) is 5.00. The first-order valence-corrected chi connectivity index (χ1v) is 8.30. The van der Waals surface area contributed by atoms with Crippen LogP contribution in [-0.4, -0.2) is 5.78 Å². The standard InChI is InChI=1S/C20H26O/c1-2-3-4-5-6-10-13-18-14-15-20(21)19(18)16-17-11-8-7-9-12-17/h7-9,11-12,14-16,18H,2-6,10,13H2,1H3/b19-16+/t18-/m0/s1. The Morgan fingerprint density at radius 2 is 1.71 bits per heavy atom. The molecule has 1 heteroatoms. The molecule has 0 radical (unpaired) electrons. The van der Waals surface area contributed by atoms with E-state index in [1.165, 1.54) is 38.5 Å².